The SMILES string of the molecule is CN(CCCNC(=O)c1ccccc1[N+](=O)[O-])C1CCCCC1. The van der Waals surface area contributed by atoms with Crippen molar-refractivity contribution in [2.75, 3.05) is 20.1 Å². The molecule has 0 saturated heterocycles. The fourth-order valence-corrected chi connectivity index (χ4v) is 3.15. The zero-order valence-electron chi connectivity index (χ0n) is 13.7. The van der Waals surface area contributed by atoms with Gasteiger partial charge in [-0.1, -0.05) is 31.4 Å². The first-order chi connectivity index (χ1) is 11.1. The number of hydrogen-bond acceptors (Lipinski definition) is 4. The Bertz CT molecular complexity index is 542. The summed E-state index contributed by atoms with van der Waals surface area (Å²) in [5.74, 6) is -0.377. The van der Waals surface area contributed by atoms with Crippen LogP contribution >= 0.6 is 0 Å². The van der Waals surface area contributed by atoms with Crippen LogP contribution < -0.4 is 5.32 Å². The summed E-state index contributed by atoms with van der Waals surface area (Å²) >= 11 is 0. The Morgan fingerprint density at radius 1 is 1.30 bits per heavy atom. The summed E-state index contributed by atoms with van der Waals surface area (Å²) in [5.41, 5.74) is -0.0255. The van der Waals surface area contributed by atoms with E-state index in [2.05, 4.69) is 17.3 Å². The quantitative estimate of drug-likeness (QED) is 0.476. The molecule has 0 aliphatic heterocycles. The predicted octanol–water partition coefficient (Wildman–Crippen LogP) is 2.98. The number of nitrogens with one attached hydrogen (secondary N) is 1. The lowest BCUT2D eigenvalue weighted by molar-refractivity contribution is -0.385. The van der Waals surface area contributed by atoms with Crippen molar-refractivity contribution >= 4 is 11.6 Å². The standard InChI is InChI=1S/C17H25N3O3/c1-19(14-8-3-2-4-9-14)13-7-12-18-17(21)15-10-5-6-11-16(15)20(22)23/h5-6,10-11,14H,2-4,7-9,12-13H2,1H3,(H,18,21). The smallest absolute Gasteiger partial charge is 0.282 e. The fraction of sp³-hybridized carbons (Fsp3) is 0.588. The van der Waals surface area contributed by atoms with Gasteiger partial charge in [-0.15, -0.1) is 0 Å². The summed E-state index contributed by atoms with van der Waals surface area (Å²) < 4.78 is 0. The van der Waals surface area contributed by atoms with Gasteiger partial charge >= 0.3 is 0 Å². The summed E-state index contributed by atoms with van der Waals surface area (Å²) in [6, 6.07) is 6.70. The topological polar surface area (TPSA) is 75.5 Å². The number of rotatable bonds is 7. The number of carbonyl (C=O) groups excluding carboxylic acids is 1. The van der Waals surface area contributed by atoms with Crippen LogP contribution in [-0.2, 0) is 0 Å². The molecule has 0 spiro atoms. The van der Waals surface area contributed by atoms with E-state index in [1.807, 2.05) is 0 Å². The monoisotopic (exact) mass is 319 g/mol. The third-order valence-electron chi connectivity index (χ3n) is 4.52. The molecule has 6 nitrogen and oxygen atoms in total. The van der Waals surface area contributed by atoms with E-state index in [9.17, 15) is 14.9 Å². The Kier molecular flexibility index (Phi) is 6.52. The van der Waals surface area contributed by atoms with Crippen LogP contribution in [0.2, 0.25) is 0 Å². The lowest BCUT2D eigenvalue weighted by Gasteiger charge is -2.31. The molecule has 23 heavy (non-hydrogen) atoms. The lowest BCUT2D eigenvalue weighted by atomic mass is 9.94. The average molecular weight is 319 g/mol. The van der Waals surface area contributed by atoms with Crippen molar-refractivity contribution in [3.8, 4) is 0 Å². The molecule has 1 N–H and O–H groups in total. The van der Waals surface area contributed by atoms with Crippen molar-refractivity contribution in [3.63, 3.8) is 0 Å². The first-order valence-electron chi connectivity index (χ1n) is 8.31. The zero-order valence-corrected chi connectivity index (χ0v) is 13.7. The van der Waals surface area contributed by atoms with Crippen molar-refractivity contribution in [3.05, 3.63) is 39.9 Å². The van der Waals surface area contributed by atoms with Gasteiger partial charge in [0.1, 0.15) is 5.56 Å². The van der Waals surface area contributed by atoms with Crippen LogP contribution in [-0.4, -0.2) is 41.9 Å². The predicted molar refractivity (Wildman–Crippen MR) is 89.5 cm³/mol. The summed E-state index contributed by atoms with van der Waals surface area (Å²) in [6.45, 7) is 1.46. The number of nitro groups is 1. The van der Waals surface area contributed by atoms with E-state index in [0.717, 1.165) is 13.0 Å². The third kappa shape index (κ3) is 5.03. The van der Waals surface area contributed by atoms with Crippen LogP contribution in [0.3, 0.4) is 0 Å². The van der Waals surface area contributed by atoms with Crippen molar-refractivity contribution in [2.45, 2.75) is 44.6 Å². The Hall–Kier alpha value is -1.95. The maximum atomic E-state index is 12.1. The van der Waals surface area contributed by atoms with Crippen molar-refractivity contribution in [2.24, 2.45) is 0 Å². The van der Waals surface area contributed by atoms with Crippen LogP contribution in [0.15, 0.2) is 24.3 Å². The van der Waals surface area contributed by atoms with Crippen molar-refractivity contribution in [1.29, 1.82) is 0 Å². The molecule has 0 atom stereocenters. The molecule has 1 aliphatic carbocycles. The van der Waals surface area contributed by atoms with Gasteiger partial charge in [-0.2, -0.15) is 0 Å². The van der Waals surface area contributed by atoms with Gasteiger partial charge in [-0.3, -0.25) is 14.9 Å². The molecular weight excluding hydrogens is 294 g/mol. The Morgan fingerprint density at radius 3 is 2.70 bits per heavy atom. The molecule has 1 aromatic rings. The third-order valence-corrected chi connectivity index (χ3v) is 4.52. The van der Waals surface area contributed by atoms with E-state index in [-0.39, 0.29) is 17.2 Å². The molecule has 1 aromatic carbocycles. The minimum Gasteiger partial charge on any atom is -0.352 e. The number of para-hydroxylation sites is 1. The van der Waals surface area contributed by atoms with E-state index >= 15 is 0 Å². The highest BCUT2D eigenvalue weighted by Gasteiger charge is 2.19. The Morgan fingerprint density at radius 2 is 2.00 bits per heavy atom. The largest absolute Gasteiger partial charge is 0.352 e. The Balaban J connectivity index is 1.76. The molecular formula is C17H25N3O3. The number of carbonyl (C=O) groups is 1. The van der Waals surface area contributed by atoms with Gasteiger partial charge in [-0.05, 0) is 38.9 Å². The first kappa shape index (κ1) is 17.4. The van der Waals surface area contributed by atoms with E-state index in [0.29, 0.717) is 12.6 Å². The molecule has 1 saturated carbocycles. The molecule has 2 rings (SSSR count). The van der Waals surface area contributed by atoms with Crippen LogP contribution in [0, 0.1) is 10.1 Å². The summed E-state index contributed by atoms with van der Waals surface area (Å²) in [4.78, 5) is 24.9. The van der Waals surface area contributed by atoms with E-state index < -0.39 is 4.92 Å². The number of benzene rings is 1. The molecule has 0 radical (unpaired) electrons. The summed E-state index contributed by atoms with van der Waals surface area (Å²) in [7, 11) is 2.14. The van der Waals surface area contributed by atoms with Gasteiger partial charge in [0.2, 0.25) is 0 Å². The maximum Gasteiger partial charge on any atom is 0.282 e. The van der Waals surface area contributed by atoms with Crippen molar-refractivity contribution in [1.82, 2.24) is 10.2 Å². The zero-order chi connectivity index (χ0) is 16.7. The van der Waals surface area contributed by atoms with Crippen LogP contribution in [0.25, 0.3) is 0 Å². The highest BCUT2D eigenvalue weighted by atomic mass is 16.6. The van der Waals surface area contributed by atoms with Gasteiger partial charge in [0, 0.05) is 18.7 Å². The van der Waals surface area contributed by atoms with E-state index in [1.165, 1.54) is 44.2 Å². The van der Waals surface area contributed by atoms with Gasteiger partial charge < -0.3 is 10.2 Å². The maximum absolute atomic E-state index is 12.1. The molecule has 6 heteroatoms. The molecule has 0 heterocycles. The molecule has 1 amide bonds. The van der Waals surface area contributed by atoms with Gasteiger partial charge in [-0.25, -0.2) is 0 Å². The fourth-order valence-electron chi connectivity index (χ4n) is 3.15. The highest BCUT2D eigenvalue weighted by Crippen LogP contribution is 2.21. The van der Waals surface area contributed by atoms with Crippen LogP contribution in [0.4, 0.5) is 5.69 Å². The molecule has 0 aromatic heterocycles. The molecule has 0 unspecified atom stereocenters. The second-order valence-corrected chi connectivity index (χ2v) is 6.16. The number of nitro benzene ring substituents is 1. The molecule has 126 valence electrons. The molecule has 1 aliphatic rings. The van der Waals surface area contributed by atoms with Gasteiger partial charge in [0.25, 0.3) is 11.6 Å². The highest BCUT2D eigenvalue weighted by molar-refractivity contribution is 5.98. The van der Waals surface area contributed by atoms with Gasteiger partial charge in [0.15, 0.2) is 0 Å². The average Bonchev–Trinajstić information content (AvgIpc) is 2.59. The van der Waals surface area contributed by atoms with Gasteiger partial charge in [0.05, 0.1) is 4.92 Å². The number of hydrogen-bond donors (Lipinski definition) is 1. The minimum absolute atomic E-state index is 0.123. The first-order valence-corrected chi connectivity index (χ1v) is 8.31. The second-order valence-electron chi connectivity index (χ2n) is 6.16. The van der Waals surface area contributed by atoms with Crippen LogP contribution in [0.5, 0.6) is 0 Å². The summed E-state index contributed by atoms with van der Waals surface area (Å²) in [6.07, 6.45) is 7.33. The second kappa shape index (κ2) is 8.62. The van der Waals surface area contributed by atoms with Crippen molar-refractivity contribution < 1.29 is 9.72 Å². The molecule has 1 fully saturated rings. The lowest BCUT2D eigenvalue weighted by Crippen LogP contribution is -2.35. The van der Waals surface area contributed by atoms with Crippen LogP contribution in [0.1, 0.15) is 48.9 Å². The normalized spacial score (nSPS) is 15.6. The van der Waals surface area contributed by atoms with E-state index in [1.54, 1.807) is 12.1 Å². The molecule has 0 bridgehead atoms. The van der Waals surface area contributed by atoms with E-state index in [4.69, 9.17) is 0 Å². The minimum atomic E-state index is -0.522. The Labute approximate surface area is 137 Å². The number of amides is 1. The number of nitrogens with zero attached hydrogens (tertiary/aromatic N) is 2. The summed E-state index contributed by atoms with van der Waals surface area (Å²) in [5, 5.41) is 13.7.